The van der Waals surface area contributed by atoms with Crippen LogP contribution in [0.1, 0.15) is 38.3 Å². The van der Waals surface area contributed by atoms with Crippen molar-refractivity contribution in [2.75, 3.05) is 33.1 Å². The van der Waals surface area contributed by atoms with Crippen molar-refractivity contribution in [3.05, 3.63) is 59.7 Å². The van der Waals surface area contributed by atoms with Crippen LogP contribution in [0.25, 0.3) is 11.1 Å². The average molecular weight is 582 g/mol. The topological polar surface area (TPSA) is 126 Å². The molecular weight excluding hydrogens is 545 g/mol. The van der Waals surface area contributed by atoms with Gasteiger partial charge in [-0.05, 0) is 56.2 Å². The van der Waals surface area contributed by atoms with Crippen molar-refractivity contribution in [1.82, 2.24) is 20.0 Å². The normalized spacial score (nSPS) is 14.5. The summed E-state index contributed by atoms with van der Waals surface area (Å²) in [5, 5.41) is 9.28. The molecule has 11 nitrogen and oxygen atoms in total. The number of nitrogens with one attached hydrogen (secondary N) is 2. The molecule has 0 bridgehead atoms. The van der Waals surface area contributed by atoms with Crippen molar-refractivity contribution in [2.45, 2.75) is 51.8 Å². The number of anilines is 1. The summed E-state index contributed by atoms with van der Waals surface area (Å²) >= 11 is 0. The monoisotopic (exact) mass is 581 g/mol. The number of methoxy groups -OCH3 is 1. The minimum atomic E-state index is -0.973. The summed E-state index contributed by atoms with van der Waals surface area (Å²) in [6.45, 7) is 5.26. The molecule has 1 aromatic heterocycles. The molecule has 0 spiro atoms. The summed E-state index contributed by atoms with van der Waals surface area (Å²) in [4.78, 5) is 41.9. The van der Waals surface area contributed by atoms with E-state index in [1.54, 1.807) is 48.0 Å². The van der Waals surface area contributed by atoms with Crippen LogP contribution in [0.5, 0.6) is 11.5 Å². The number of halogens is 1. The Labute approximate surface area is 243 Å². The van der Waals surface area contributed by atoms with Gasteiger partial charge in [-0.1, -0.05) is 6.07 Å². The maximum absolute atomic E-state index is 15.8. The molecule has 3 aromatic rings. The van der Waals surface area contributed by atoms with Crippen LogP contribution >= 0.6 is 0 Å². The summed E-state index contributed by atoms with van der Waals surface area (Å²) in [5.41, 5.74) is 1.65. The number of nitrogens with zero attached hydrogens (tertiary/aromatic N) is 3. The zero-order valence-electron chi connectivity index (χ0n) is 24.6. The molecule has 0 saturated carbocycles. The molecule has 1 atom stereocenters. The van der Waals surface area contributed by atoms with E-state index in [0.29, 0.717) is 11.3 Å². The van der Waals surface area contributed by atoms with Gasteiger partial charge in [0.1, 0.15) is 17.4 Å². The van der Waals surface area contributed by atoms with Crippen molar-refractivity contribution in [3.63, 3.8) is 0 Å². The smallest absolute Gasteiger partial charge is 0.411 e. The van der Waals surface area contributed by atoms with Crippen LogP contribution in [0.3, 0.4) is 0 Å². The molecule has 3 amide bonds. The second-order valence-electron chi connectivity index (χ2n) is 11.1. The third kappa shape index (κ3) is 6.99. The summed E-state index contributed by atoms with van der Waals surface area (Å²) in [6, 6.07) is 7.52. The Morgan fingerprint density at radius 2 is 1.93 bits per heavy atom. The van der Waals surface area contributed by atoms with Gasteiger partial charge in [0, 0.05) is 37.8 Å². The zero-order valence-corrected chi connectivity index (χ0v) is 24.6. The molecule has 4 rings (SSSR count). The number of H-pyrrole nitrogens is 1. The molecule has 0 unspecified atom stereocenters. The van der Waals surface area contributed by atoms with Gasteiger partial charge in [-0.25, -0.2) is 9.18 Å². The fourth-order valence-corrected chi connectivity index (χ4v) is 4.53. The molecule has 0 aliphatic carbocycles. The second kappa shape index (κ2) is 12.5. The first-order valence-corrected chi connectivity index (χ1v) is 13.5. The third-order valence-corrected chi connectivity index (χ3v) is 6.70. The number of benzene rings is 2. The van der Waals surface area contributed by atoms with Crippen LogP contribution in [0.2, 0.25) is 0 Å². The van der Waals surface area contributed by atoms with Crippen LogP contribution in [0, 0.1) is 5.82 Å². The van der Waals surface area contributed by atoms with E-state index in [1.165, 1.54) is 34.3 Å². The lowest BCUT2D eigenvalue weighted by Crippen LogP contribution is -2.52. The molecule has 2 aromatic carbocycles. The Hall–Kier alpha value is -4.61. The zero-order chi connectivity index (χ0) is 30.6. The van der Waals surface area contributed by atoms with Gasteiger partial charge in [-0.2, -0.15) is 5.10 Å². The molecule has 224 valence electrons. The highest BCUT2D eigenvalue weighted by Crippen LogP contribution is 2.36. The highest BCUT2D eigenvalue weighted by molar-refractivity contribution is 5.98. The molecule has 1 aliphatic rings. The first-order chi connectivity index (χ1) is 19.9. The van der Waals surface area contributed by atoms with Crippen LogP contribution in [0.15, 0.2) is 42.7 Å². The van der Waals surface area contributed by atoms with Gasteiger partial charge < -0.3 is 24.4 Å². The number of ether oxygens (including phenoxy) is 3. The van der Waals surface area contributed by atoms with E-state index >= 15 is 4.39 Å². The first-order valence-electron chi connectivity index (χ1n) is 13.5. The minimum Gasteiger partial charge on any atom is -0.497 e. The molecule has 42 heavy (non-hydrogen) atoms. The Balaban J connectivity index is 1.66. The fraction of sp³-hybridized carbons (Fsp3) is 0.400. The number of carbonyl (C=O) groups is 3. The van der Waals surface area contributed by atoms with Gasteiger partial charge in [0.15, 0.2) is 11.6 Å². The molecule has 1 aliphatic heterocycles. The highest BCUT2D eigenvalue weighted by atomic mass is 19.1. The van der Waals surface area contributed by atoms with E-state index in [9.17, 15) is 14.4 Å². The van der Waals surface area contributed by atoms with Crippen molar-refractivity contribution < 1.29 is 33.0 Å². The molecule has 0 radical (unpaired) electrons. The van der Waals surface area contributed by atoms with Crippen LogP contribution in [0.4, 0.5) is 14.9 Å². The van der Waals surface area contributed by atoms with Gasteiger partial charge in [0.25, 0.3) is 0 Å². The standard InChI is InChI=1S/C30H36FN5O6/c1-30(2,3)42-29(39)36-17-18-7-8-21(40-6)13-19(18)14-24(36)28(38)34-23-10-9-22(20-15-32-33-16-20)26(31)27(23)41-12-11-25(37)35(4)5/h7-10,13,15-16,24H,11-12,14,17H2,1-6H3,(H,32,33)(H,34,38)/t24-/m1/s1. The Bertz CT molecular complexity index is 1450. The molecule has 12 heteroatoms. The SMILES string of the molecule is COc1ccc2c(c1)C[C@H](C(=O)Nc1ccc(-c3cn[nH]c3)c(F)c1OCCC(=O)N(C)C)N(C(=O)OC(C)(C)C)C2. The average Bonchev–Trinajstić information content (AvgIpc) is 3.47. The summed E-state index contributed by atoms with van der Waals surface area (Å²) in [7, 11) is 4.78. The Kier molecular flexibility index (Phi) is 9.03. The van der Waals surface area contributed by atoms with Gasteiger partial charge >= 0.3 is 6.09 Å². The lowest BCUT2D eigenvalue weighted by molar-refractivity contribution is -0.129. The van der Waals surface area contributed by atoms with Gasteiger partial charge in [0.05, 0.1) is 38.6 Å². The number of fused-ring (bicyclic) bond motifs is 1. The Morgan fingerprint density at radius 1 is 1.17 bits per heavy atom. The summed E-state index contributed by atoms with van der Waals surface area (Å²) < 4.78 is 32.6. The molecule has 2 N–H and O–H groups in total. The van der Waals surface area contributed by atoms with Crippen molar-refractivity contribution in [3.8, 4) is 22.6 Å². The minimum absolute atomic E-state index is 0.00340. The van der Waals surface area contributed by atoms with Crippen molar-refractivity contribution >= 4 is 23.6 Å². The van der Waals surface area contributed by atoms with E-state index in [-0.39, 0.29) is 48.9 Å². The lowest BCUT2D eigenvalue weighted by atomic mass is 9.93. The van der Waals surface area contributed by atoms with Crippen LogP contribution in [-0.4, -0.2) is 77.4 Å². The van der Waals surface area contributed by atoms with Crippen LogP contribution < -0.4 is 14.8 Å². The summed E-state index contributed by atoms with van der Waals surface area (Å²) in [6.07, 6.45) is 2.53. The molecule has 0 saturated heterocycles. The largest absolute Gasteiger partial charge is 0.497 e. The van der Waals surface area contributed by atoms with E-state index in [0.717, 1.165) is 11.1 Å². The number of aromatic amines is 1. The number of carbonyl (C=O) groups excluding carboxylic acids is 3. The highest BCUT2D eigenvalue weighted by Gasteiger charge is 2.38. The van der Waals surface area contributed by atoms with Gasteiger partial charge in [-0.15, -0.1) is 0 Å². The molecular formula is C30H36FN5O6. The third-order valence-electron chi connectivity index (χ3n) is 6.70. The number of amides is 3. The van der Waals surface area contributed by atoms with E-state index in [4.69, 9.17) is 14.2 Å². The number of hydrogen-bond donors (Lipinski definition) is 2. The number of aromatic nitrogens is 2. The maximum Gasteiger partial charge on any atom is 0.411 e. The predicted octanol–water partition coefficient (Wildman–Crippen LogP) is 4.38. The maximum atomic E-state index is 15.8. The van der Waals surface area contributed by atoms with Crippen LogP contribution in [-0.2, 0) is 27.3 Å². The summed E-state index contributed by atoms with van der Waals surface area (Å²) in [5.74, 6) is -1.08. The van der Waals surface area contributed by atoms with Crippen molar-refractivity contribution in [1.29, 1.82) is 0 Å². The van der Waals surface area contributed by atoms with Gasteiger partial charge in [0.2, 0.25) is 11.8 Å². The van der Waals surface area contributed by atoms with Gasteiger partial charge in [-0.3, -0.25) is 19.6 Å². The van der Waals surface area contributed by atoms with E-state index in [1.807, 2.05) is 12.1 Å². The quantitative estimate of drug-likeness (QED) is 0.404. The fourth-order valence-electron chi connectivity index (χ4n) is 4.53. The number of hydrogen-bond acceptors (Lipinski definition) is 7. The number of rotatable bonds is 8. The lowest BCUT2D eigenvalue weighted by Gasteiger charge is -2.37. The molecule has 0 fully saturated rings. The second-order valence-corrected chi connectivity index (χ2v) is 11.1. The van der Waals surface area contributed by atoms with E-state index in [2.05, 4.69) is 15.5 Å². The Morgan fingerprint density at radius 3 is 2.57 bits per heavy atom. The van der Waals surface area contributed by atoms with Crippen molar-refractivity contribution in [2.24, 2.45) is 0 Å². The molecule has 2 heterocycles. The first kappa shape index (κ1) is 30.4. The predicted molar refractivity (Wildman–Crippen MR) is 154 cm³/mol. The van der Waals surface area contributed by atoms with E-state index < -0.39 is 29.5 Å².